The van der Waals surface area contributed by atoms with E-state index in [4.69, 9.17) is 16.3 Å². The zero-order valence-electron chi connectivity index (χ0n) is 22.5. The predicted octanol–water partition coefficient (Wildman–Crippen LogP) is 8.12. The van der Waals surface area contributed by atoms with Crippen LogP contribution >= 0.6 is 11.6 Å². The molecule has 5 aromatic rings. The summed E-state index contributed by atoms with van der Waals surface area (Å²) in [6.45, 7) is 1.33. The van der Waals surface area contributed by atoms with Crippen LogP contribution in [-0.4, -0.2) is 37.3 Å². The molecule has 0 unspecified atom stereocenters. The number of hydrogen-bond donors (Lipinski definition) is 2. The van der Waals surface area contributed by atoms with Crippen LogP contribution in [-0.2, 0) is 24.1 Å². The molecule has 0 radical (unpaired) electrons. The van der Waals surface area contributed by atoms with Gasteiger partial charge in [-0.05, 0) is 43.3 Å². The van der Waals surface area contributed by atoms with E-state index in [-0.39, 0.29) is 46.3 Å². The molecule has 0 fully saturated rings. The highest BCUT2D eigenvalue weighted by molar-refractivity contribution is 6.33. The smallest absolute Gasteiger partial charge is 0.457 e. The predicted molar refractivity (Wildman–Crippen MR) is 145 cm³/mol. The van der Waals surface area contributed by atoms with E-state index in [1.54, 1.807) is 29.8 Å². The molecule has 10 nitrogen and oxygen atoms in total. The van der Waals surface area contributed by atoms with Crippen LogP contribution in [0.3, 0.4) is 0 Å². The number of halogens is 7. The number of carbonyl (C=O) groups excluding carboxylic acids is 1. The quantitative estimate of drug-likeness (QED) is 0.135. The molecule has 0 saturated heterocycles. The minimum Gasteiger partial charge on any atom is -0.457 e. The highest BCUT2D eigenvalue weighted by Crippen LogP contribution is 2.38. The summed E-state index contributed by atoms with van der Waals surface area (Å²) in [7, 11) is 1.65. The molecule has 230 valence electrons. The zero-order chi connectivity index (χ0) is 31.8. The summed E-state index contributed by atoms with van der Waals surface area (Å²) in [6.07, 6.45) is -9.59. The first-order valence-corrected chi connectivity index (χ1v) is 12.9. The van der Waals surface area contributed by atoms with Crippen molar-refractivity contribution in [2.75, 3.05) is 11.9 Å². The van der Waals surface area contributed by atoms with Crippen LogP contribution in [0.15, 0.2) is 54.7 Å². The first-order chi connectivity index (χ1) is 20.7. The Labute approximate surface area is 248 Å². The second-order valence-electron chi connectivity index (χ2n) is 8.99. The van der Waals surface area contributed by atoms with Gasteiger partial charge in [0.1, 0.15) is 17.2 Å². The van der Waals surface area contributed by atoms with Crippen molar-refractivity contribution in [3.8, 4) is 28.9 Å². The Balaban J connectivity index is 1.40. The third kappa shape index (κ3) is 6.49. The molecule has 0 bridgehead atoms. The molecule has 0 saturated carbocycles. The van der Waals surface area contributed by atoms with Gasteiger partial charge in [-0.15, -0.1) is 0 Å². The van der Waals surface area contributed by atoms with E-state index < -0.39 is 35.6 Å². The minimum atomic E-state index is -4.93. The van der Waals surface area contributed by atoms with Crippen LogP contribution in [0.2, 0.25) is 5.02 Å². The molecular formula is C27H19ClF6N6O4. The minimum absolute atomic E-state index is 0.00288. The molecule has 0 atom stereocenters. The van der Waals surface area contributed by atoms with Crippen molar-refractivity contribution in [3.05, 3.63) is 71.0 Å². The van der Waals surface area contributed by atoms with Crippen molar-refractivity contribution >= 4 is 40.4 Å². The fourth-order valence-electron chi connectivity index (χ4n) is 3.98. The van der Waals surface area contributed by atoms with Crippen LogP contribution in [0.1, 0.15) is 18.2 Å². The Kier molecular flexibility index (Phi) is 8.03. The van der Waals surface area contributed by atoms with Crippen molar-refractivity contribution in [3.63, 3.8) is 0 Å². The SMILES string of the molecule is CCOC(=O)Oc1nc(-c2cc(Oc3ccc4c(c3)nc(Nc3cc(C(F)(F)F)ccc3Cl)n4C)ccn2)[nH]c1C(F)(F)F. The summed E-state index contributed by atoms with van der Waals surface area (Å²) in [4.78, 5) is 25.8. The molecule has 2 N–H and O–H groups in total. The Hall–Kier alpha value is -4.99. The number of nitrogens with one attached hydrogen (secondary N) is 2. The van der Waals surface area contributed by atoms with Gasteiger partial charge in [-0.1, -0.05) is 11.6 Å². The number of aromatic amines is 1. The summed E-state index contributed by atoms with van der Waals surface area (Å²) >= 11 is 6.10. The van der Waals surface area contributed by atoms with Gasteiger partial charge in [0.2, 0.25) is 5.95 Å². The lowest BCUT2D eigenvalue weighted by Gasteiger charge is -2.12. The normalized spacial score (nSPS) is 11.9. The van der Waals surface area contributed by atoms with Gasteiger partial charge in [-0.2, -0.15) is 31.3 Å². The van der Waals surface area contributed by atoms with Crippen molar-refractivity contribution in [1.82, 2.24) is 24.5 Å². The molecule has 0 spiro atoms. The Bertz CT molecular complexity index is 1850. The number of aryl methyl sites for hydroxylation is 1. The van der Waals surface area contributed by atoms with E-state index in [0.717, 1.165) is 18.2 Å². The standard InChI is InChI=1S/C27H19ClF6N6O4/c1-3-42-25(41)44-23-21(27(32,33)34)38-22(39-23)19-12-15(8-9-35-19)43-14-5-7-20-18(11-14)37-24(40(20)2)36-17-10-13(26(29,30)31)4-6-16(17)28/h4-12H,3H2,1-2H3,(H,36,37)(H,38,39). The second kappa shape index (κ2) is 11.6. The number of carbonyl (C=O) groups is 1. The number of pyridine rings is 1. The number of rotatable bonds is 7. The molecule has 0 aliphatic carbocycles. The maximum absolute atomic E-state index is 13.5. The van der Waals surface area contributed by atoms with Crippen LogP contribution in [0, 0.1) is 0 Å². The largest absolute Gasteiger partial charge is 0.515 e. The van der Waals surface area contributed by atoms with Gasteiger partial charge in [-0.25, -0.2) is 9.78 Å². The van der Waals surface area contributed by atoms with Gasteiger partial charge in [0.25, 0.3) is 5.88 Å². The second-order valence-corrected chi connectivity index (χ2v) is 9.40. The van der Waals surface area contributed by atoms with E-state index in [0.29, 0.717) is 11.0 Å². The average molecular weight is 641 g/mol. The number of H-pyrrole nitrogens is 1. The number of nitrogens with zero attached hydrogens (tertiary/aromatic N) is 4. The summed E-state index contributed by atoms with van der Waals surface area (Å²) < 4.78 is 96.8. The van der Waals surface area contributed by atoms with Gasteiger partial charge in [-0.3, -0.25) is 4.98 Å². The maximum atomic E-state index is 13.5. The molecule has 0 amide bonds. The monoisotopic (exact) mass is 640 g/mol. The summed E-state index contributed by atoms with van der Waals surface area (Å²) in [6, 6.07) is 10.4. The van der Waals surface area contributed by atoms with Crippen LogP contribution in [0.5, 0.6) is 17.4 Å². The number of imidazole rings is 2. The molecule has 17 heteroatoms. The number of aromatic nitrogens is 5. The van der Waals surface area contributed by atoms with Crippen LogP contribution in [0.25, 0.3) is 22.6 Å². The van der Waals surface area contributed by atoms with E-state index in [1.807, 2.05) is 0 Å². The molecule has 2 aromatic carbocycles. The van der Waals surface area contributed by atoms with Crippen molar-refractivity contribution in [2.45, 2.75) is 19.3 Å². The first-order valence-electron chi connectivity index (χ1n) is 12.5. The maximum Gasteiger partial charge on any atom is 0.515 e. The third-order valence-corrected chi connectivity index (χ3v) is 6.33. The molecule has 44 heavy (non-hydrogen) atoms. The summed E-state index contributed by atoms with van der Waals surface area (Å²) in [5.41, 5.74) is -1.35. The van der Waals surface area contributed by atoms with Crippen LogP contribution in [0.4, 0.5) is 42.8 Å². The van der Waals surface area contributed by atoms with Crippen molar-refractivity contribution in [2.24, 2.45) is 7.05 Å². The highest BCUT2D eigenvalue weighted by atomic mass is 35.5. The average Bonchev–Trinajstić information content (AvgIpc) is 3.50. The fourth-order valence-corrected chi connectivity index (χ4v) is 4.15. The summed E-state index contributed by atoms with van der Waals surface area (Å²) in [5, 5.41) is 2.87. The molecule has 3 heterocycles. The number of ether oxygens (including phenoxy) is 3. The van der Waals surface area contributed by atoms with E-state index in [9.17, 15) is 31.1 Å². The molecule has 0 aliphatic heterocycles. The van der Waals surface area contributed by atoms with E-state index in [1.165, 1.54) is 25.3 Å². The van der Waals surface area contributed by atoms with Gasteiger partial charge >= 0.3 is 18.5 Å². The van der Waals surface area contributed by atoms with E-state index in [2.05, 4.69) is 34.7 Å². The fraction of sp³-hybridized carbons (Fsp3) is 0.185. The highest BCUT2D eigenvalue weighted by Gasteiger charge is 2.39. The molecular weight excluding hydrogens is 622 g/mol. The first kappa shape index (κ1) is 30.5. The number of anilines is 2. The van der Waals surface area contributed by atoms with Gasteiger partial charge in [0, 0.05) is 25.4 Å². The van der Waals surface area contributed by atoms with Gasteiger partial charge < -0.3 is 29.1 Å². The molecule has 0 aliphatic rings. The number of fused-ring (bicyclic) bond motifs is 1. The van der Waals surface area contributed by atoms with E-state index >= 15 is 0 Å². The molecule has 3 aromatic heterocycles. The van der Waals surface area contributed by atoms with Crippen molar-refractivity contribution in [1.29, 1.82) is 0 Å². The van der Waals surface area contributed by atoms with Gasteiger partial charge in [0.15, 0.2) is 11.5 Å². The number of hydrogen-bond acceptors (Lipinski definition) is 8. The zero-order valence-corrected chi connectivity index (χ0v) is 23.2. The number of alkyl halides is 6. The topological polar surface area (TPSA) is 116 Å². The Morgan fingerprint density at radius 1 is 1.00 bits per heavy atom. The lowest BCUT2D eigenvalue weighted by molar-refractivity contribution is -0.142. The Morgan fingerprint density at radius 3 is 2.45 bits per heavy atom. The van der Waals surface area contributed by atoms with Crippen molar-refractivity contribution < 1.29 is 45.3 Å². The molecule has 5 rings (SSSR count). The van der Waals surface area contributed by atoms with Gasteiger partial charge in [0.05, 0.1) is 33.9 Å². The third-order valence-electron chi connectivity index (χ3n) is 6.00. The van der Waals surface area contributed by atoms with Crippen LogP contribution < -0.4 is 14.8 Å². The lowest BCUT2D eigenvalue weighted by atomic mass is 10.2. The summed E-state index contributed by atoms with van der Waals surface area (Å²) in [5.74, 6) is -0.749. The lowest BCUT2D eigenvalue weighted by Crippen LogP contribution is -2.14. The number of benzene rings is 2. The Morgan fingerprint density at radius 2 is 1.75 bits per heavy atom.